The van der Waals surface area contributed by atoms with E-state index in [-0.39, 0.29) is 11.4 Å². The van der Waals surface area contributed by atoms with Gasteiger partial charge in [-0.15, -0.1) is 5.10 Å². The van der Waals surface area contributed by atoms with E-state index in [9.17, 15) is 4.79 Å². The lowest BCUT2D eigenvalue weighted by Crippen LogP contribution is -2.50. The number of rotatable bonds is 3. The number of carbonyl (C=O) groups excluding carboxylic acids is 1. The van der Waals surface area contributed by atoms with Gasteiger partial charge in [-0.1, -0.05) is 0 Å². The summed E-state index contributed by atoms with van der Waals surface area (Å²) in [7, 11) is 0. The Bertz CT molecular complexity index is 486. The average molecular weight is 260 g/mol. The lowest BCUT2D eigenvalue weighted by atomic mass is 9.48. The number of H-pyrrole nitrogens is 1. The van der Waals surface area contributed by atoms with E-state index in [4.69, 9.17) is 5.73 Å². The number of hydrogen-bond acceptors (Lipinski definition) is 4. The highest BCUT2D eigenvalue weighted by atomic mass is 16.1. The molecule has 4 bridgehead atoms. The fraction of sp³-hybridized carbons (Fsp3) is 0.786. The van der Waals surface area contributed by atoms with Gasteiger partial charge in [-0.2, -0.15) is 4.98 Å². The predicted octanol–water partition coefficient (Wildman–Crippen LogP) is 1.71. The first kappa shape index (κ1) is 11.4. The minimum Gasteiger partial charge on any atom is -0.367 e. The highest BCUT2D eigenvalue weighted by molar-refractivity contribution is 5.86. The zero-order chi connectivity index (χ0) is 13.0. The molecule has 0 aromatic carbocycles. The van der Waals surface area contributed by atoms with E-state index in [1.165, 1.54) is 19.3 Å². The number of ketones is 1. The highest BCUT2D eigenvalue weighted by Gasteiger charge is 2.54. The Morgan fingerprint density at radius 2 is 1.79 bits per heavy atom. The largest absolute Gasteiger partial charge is 0.367 e. The van der Waals surface area contributed by atoms with E-state index in [1.807, 2.05) is 0 Å². The van der Waals surface area contributed by atoms with Gasteiger partial charge in [0.05, 0.1) is 6.42 Å². The first-order valence-corrected chi connectivity index (χ1v) is 7.33. The number of aromatic amines is 1. The molecule has 0 amide bonds. The molecular weight excluding hydrogens is 240 g/mol. The minimum absolute atomic E-state index is 0.0453. The molecule has 0 unspecified atom stereocenters. The maximum Gasteiger partial charge on any atom is 0.239 e. The second-order valence-corrected chi connectivity index (χ2v) is 6.94. The van der Waals surface area contributed by atoms with E-state index in [2.05, 4.69) is 15.2 Å². The van der Waals surface area contributed by atoms with Crippen LogP contribution in [-0.2, 0) is 11.2 Å². The Morgan fingerprint density at radius 1 is 1.21 bits per heavy atom. The molecule has 102 valence electrons. The van der Waals surface area contributed by atoms with Crippen LogP contribution < -0.4 is 5.73 Å². The molecule has 3 N–H and O–H groups in total. The summed E-state index contributed by atoms with van der Waals surface area (Å²) >= 11 is 0. The fourth-order valence-corrected chi connectivity index (χ4v) is 5.18. The van der Waals surface area contributed by atoms with Gasteiger partial charge >= 0.3 is 0 Å². The van der Waals surface area contributed by atoms with Crippen LogP contribution in [-0.4, -0.2) is 21.0 Å². The van der Waals surface area contributed by atoms with E-state index >= 15 is 0 Å². The zero-order valence-electron chi connectivity index (χ0n) is 11.1. The maximum absolute atomic E-state index is 12.7. The van der Waals surface area contributed by atoms with E-state index in [0.29, 0.717) is 18.0 Å². The second kappa shape index (κ2) is 3.81. The summed E-state index contributed by atoms with van der Waals surface area (Å²) in [5, 5.41) is 6.57. The van der Waals surface area contributed by atoms with Crippen molar-refractivity contribution in [1.29, 1.82) is 0 Å². The topological polar surface area (TPSA) is 84.7 Å². The lowest BCUT2D eigenvalue weighted by Gasteiger charge is -2.56. The number of carbonyl (C=O) groups is 1. The standard InChI is InChI=1S/C14H20N4O/c15-13-16-12(17-18-13)4-11(19)14-5-8-1-9(6-14)3-10(2-8)7-14/h8-10H,1-7H2,(H3,15,16,17,18). The third kappa shape index (κ3) is 1.78. The summed E-state index contributed by atoms with van der Waals surface area (Å²) in [4.78, 5) is 16.8. The van der Waals surface area contributed by atoms with E-state index in [0.717, 1.165) is 37.0 Å². The minimum atomic E-state index is -0.0453. The van der Waals surface area contributed by atoms with Crippen LogP contribution in [0.4, 0.5) is 5.95 Å². The summed E-state index contributed by atoms with van der Waals surface area (Å²) < 4.78 is 0. The summed E-state index contributed by atoms with van der Waals surface area (Å²) in [6, 6.07) is 0. The quantitative estimate of drug-likeness (QED) is 0.866. The van der Waals surface area contributed by atoms with Crippen molar-refractivity contribution < 1.29 is 4.79 Å². The molecule has 4 aliphatic carbocycles. The van der Waals surface area contributed by atoms with Crippen molar-refractivity contribution in [3.63, 3.8) is 0 Å². The third-order valence-corrected chi connectivity index (χ3v) is 5.51. The Balaban J connectivity index is 1.56. The monoisotopic (exact) mass is 260 g/mol. The molecule has 19 heavy (non-hydrogen) atoms. The first-order valence-electron chi connectivity index (χ1n) is 7.33. The zero-order valence-corrected chi connectivity index (χ0v) is 11.1. The summed E-state index contributed by atoms with van der Waals surface area (Å²) in [6.45, 7) is 0. The molecule has 4 saturated carbocycles. The van der Waals surface area contributed by atoms with Gasteiger partial charge in [0.2, 0.25) is 5.95 Å². The molecule has 5 nitrogen and oxygen atoms in total. The molecule has 5 rings (SSSR count). The number of Topliss-reactive ketones (excluding diaryl/α,β-unsaturated/α-hetero) is 1. The van der Waals surface area contributed by atoms with Gasteiger partial charge in [0.1, 0.15) is 11.6 Å². The van der Waals surface area contributed by atoms with Crippen molar-refractivity contribution >= 4 is 11.7 Å². The van der Waals surface area contributed by atoms with Crippen LogP contribution in [0.1, 0.15) is 44.3 Å². The number of anilines is 1. The molecule has 5 heteroatoms. The molecular formula is C14H20N4O. The first-order chi connectivity index (χ1) is 9.13. The van der Waals surface area contributed by atoms with Crippen LogP contribution in [0.3, 0.4) is 0 Å². The summed E-state index contributed by atoms with van der Waals surface area (Å²) in [6.07, 6.45) is 7.80. The molecule has 0 aliphatic heterocycles. The van der Waals surface area contributed by atoms with Gasteiger partial charge in [0, 0.05) is 5.41 Å². The van der Waals surface area contributed by atoms with Crippen molar-refractivity contribution in [3.8, 4) is 0 Å². The van der Waals surface area contributed by atoms with E-state index in [1.54, 1.807) is 0 Å². The highest BCUT2D eigenvalue weighted by Crippen LogP contribution is 2.60. The number of aromatic nitrogens is 3. The molecule has 1 aromatic heterocycles. The predicted molar refractivity (Wildman–Crippen MR) is 70.1 cm³/mol. The Labute approximate surface area is 112 Å². The normalized spacial score (nSPS) is 39.7. The molecule has 1 heterocycles. The van der Waals surface area contributed by atoms with Gasteiger partial charge in [-0.3, -0.25) is 9.89 Å². The molecule has 4 aliphatic rings. The second-order valence-electron chi connectivity index (χ2n) is 6.94. The van der Waals surface area contributed by atoms with Crippen molar-refractivity contribution in [1.82, 2.24) is 15.2 Å². The number of nitrogen functional groups attached to an aromatic ring is 1. The number of hydrogen-bond donors (Lipinski definition) is 2. The Hall–Kier alpha value is -1.39. The molecule has 0 atom stereocenters. The number of nitrogens with zero attached hydrogens (tertiary/aromatic N) is 2. The molecule has 0 saturated heterocycles. The number of nitrogens with two attached hydrogens (primary N) is 1. The summed E-state index contributed by atoms with van der Waals surface area (Å²) in [5.74, 6) is 3.62. The van der Waals surface area contributed by atoms with Crippen molar-refractivity contribution in [3.05, 3.63) is 5.82 Å². The van der Waals surface area contributed by atoms with Gasteiger partial charge in [0.15, 0.2) is 0 Å². The molecule has 0 spiro atoms. The van der Waals surface area contributed by atoms with E-state index < -0.39 is 0 Å². The Morgan fingerprint density at radius 3 is 2.26 bits per heavy atom. The maximum atomic E-state index is 12.7. The fourth-order valence-electron chi connectivity index (χ4n) is 5.18. The van der Waals surface area contributed by atoms with Crippen LogP contribution in [0.25, 0.3) is 0 Å². The molecule has 1 aromatic rings. The van der Waals surface area contributed by atoms with Gasteiger partial charge in [-0.25, -0.2) is 0 Å². The van der Waals surface area contributed by atoms with Crippen LogP contribution in [0.5, 0.6) is 0 Å². The SMILES string of the molecule is Nc1n[nH]c(CC(=O)C23CC4CC(CC(C4)C2)C3)n1. The lowest BCUT2D eigenvalue weighted by molar-refractivity contribution is -0.143. The smallest absolute Gasteiger partial charge is 0.239 e. The molecule has 0 radical (unpaired) electrons. The van der Waals surface area contributed by atoms with Crippen LogP contribution >= 0.6 is 0 Å². The summed E-state index contributed by atoms with van der Waals surface area (Å²) in [5.41, 5.74) is 5.45. The van der Waals surface area contributed by atoms with Crippen LogP contribution in [0.2, 0.25) is 0 Å². The van der Waals surface area contributed by atoms with Crippen molar-refractivity contribution in [2.24, 2.45) is 23.2 Å². The average Bonchev–Trinajstić information content (AvgIpc) is 2.73. The molecule has 4 fully saturated rings. The van der Waals surface area contributed by atoms with Gasteiger partial charge < -0.3 is 5.73 Å². The third-order valence-electron chi connectivity index (χ3n) is 5.51. The Kier molecular flexibility index (Phi) is 2.29. The van der Waals surface area contributed by atoms with Crippen LogP contribution in [0, 0.1) is 23.2 Å². The van der Waals surface area contributed by atoms with Crippen molar-refractivity contribution in [2.75, 3.05) is 5.73 Å². The number of nitrogens with one attached hydrogen (secondary N) is 1. The van der Waals surface area contributed by atoms with Crippen LogP contribution in [0.15, 0.2) is 0 Å². The van der Waals surface area contributed by atoms with Gasteiger partial charge in [-0.05, 0) is 56.3 Å². The van der Waals surface area contributed by atoms with Gasteiger partial charge in [0.25, 0.3) is 0 Å². The van der Waals surface area contributed by atoms with Crippen molar-refractivity contribution in [2.45, 2.75) is 44.9 Å².